The third-order valence-electron chi connectivity index (χ3n) is 5.34. The van der Waals surface area contributed by atoms with Crippen LogP contribution in [0.4, 0.5) is 0 Å². The third kappa shape index (κ3) is 3.71. The molecule has 0 fully saturated rings. The molecule has 0 heterocycles. The summed E-state index contributed by atoms with van der Waals surface area (Å²) < 4.78 is 6.02. The van der Waals surface area contributed by atoms with Crippen LogP contribution in [-0.4, -0.2) is 11.1 Å². The number of aliphatic carboxylic acids is 1. The van der Waals surface area contributed by atoms with Gasteiger partial charge in [0.15, 0.2) is 0 Å². The number of carboxylic acid groups (broad SMARTS) is 1. The summed E-state index contributed by atoms with van der Waals surface area (Å²) in [6.07, 6.45) is 2.39. The van der Waals surface area contributed by atoms with Crippen molar-refractivity contribution in [2.45, 2.75) is 57.8 Å². The highest BCUT2D eigenvalue weighted by Gasteiger charge is 2.37. The molecule has 3 heteroatoms. The van der Waals surface area contributed by atoms with Crippen LogP contribution in [0.1, 0.15) is 57.2 Å². The highest BCUT2D eigenvalue weighted by molar-refractivity contribution is 5.70. The van der Waals surface area contributed by atoms with E-state index in [1.165, 1.54) is 24.0 Å². The molecule has 1 aliphatic rings. The fourth-order valence-corrected chi connectivity index (χ4v) is 3.62. The van der Waals surface area contributed by atoms with Gasteiger partial charge in [-0.2, -0.15) is 0 Å². The maximum atomic E-state index is 10.8. The van der Waals surface area contributed by atoms with Crippen LogP contribution in [0.15, 0.2) is 42.5 Å². The number of ether oxygens (including phenoxy) is 1. The van der Waals surface area contributed by atoms with Gasteiger partial charge in [0, 0.05) is 0 Å². The quantitative estimate of drug-likeness (QED) is 0.805. The van der Waals surface area contributed by atoms with Gasteiger partial charge in [-0.05, 0) is 64.6 Å². The predicted octanol–water partition coefficient (Wildman–Crippen LogP) is 5.46. The highest BCUT2D eigenvalue weighted by atomic mass is 16.5. The molecule has 3 rings (SSSR count). The van der Waals surface area contributed by atoms with E-state index < -0.39 is 5.97 Å². The maximum absolute atomic E-state index is 10.8. The van der Waals surface area contributed by atoms with E-state index in [4.69, 9.17) is 9.84 Å². The summed E-state index contributed by atoms with van der Waals surface area (Å²) in [5.74, 6) is 0.727. The van der Waals surface area contributed by atoms with Crippen molar-refractivity contribution in [3.8, 4) is 11.5 Å². The van der Waals surface area contributed by atoms with Gasteiger partial charge in [-0.15, -0.1) is 0 Å². The molecule has 1 aliphatic carbocycles. The Balaban J connectivity index is 1.86. The monoisotopic (exact) mass is 338 g/mol. The lowest BCUT2D eigenvalue weighted by atomic mass is 9.63. The molecule has 25 heavy (non-hydrogen) atoms. The van der Waals surface area contributed by atoms with Crippen molar-refractivity contribution in [3.05, 3.63) is 59.2 Å². The zero-order chi connectivity index (χ0) is 18.2. The van der Waals surface area contributed by atoms with Gasteiger partial charge in [0.2, 0.25) is 0 Å². The first-order chi connectivity index (χ1) is 11.7. The molecule has 0 unspecified atom stereocenters. The van der Waals surface area contributed by atoms with Gasteiger partial charge in [-0.25, -0.2) is 0 Å². The first-order valence-electron chi connectivity index (χ1n) is 8.81. The lowest BCUT2D eigenvalue weighted by Crippen LogP contribution is -2.33. The fourth-order valence-electron chi connectivity index (χ4n) is 3.62. The van der Waals surface area contributed by atoms with Crippen LogP contribution >= 0.6 is 0 Å². The molecule has 0 bridgehead atoms. The maximum Gasteiger partial charge on any atom is 0.307 e. The second-order valence-electron chi connectivity index (χ2n) is 8.29. The molecular formula is C22H26O3. The normalized spacial score (nSPS) is 17.6. The van der Waals surface area contributed by atoms with Gasteiger partial charge >= 0.3 is 5.97 Å². The number of carbonyl (C=O) groups is 1. The van der Waals surface area contributed by atoms with Crippen molar-refractivity contribution < 1.29 is 14.6 Å². The number of hydrogen-bond donors (Lipinski definition) is 1. The minimum absolute atomic E-state index is 0.0302. The SMILES string of the molecule is CC1(C)CCC(C)(C)c2cc(Oc3ccc(CC(=O)O)cc3)ccc21. The van der Waals surface area contributed by atoms with E-state index in [9.17, 15) is 4.79 Å². The Morgan fingerprint density at radius 2 is 1.48 bits per heavy atom. The molecule has 1 N–H and O–H groups in total. The van der Waals surface area contributed by atoms with E-state index in [1.807, 2.05) is 18.2 Å². The van der Waals surface area contributed by atoms with Gasteiger partial charge in [-0.3, -0.25) is 4.79 Å². The van der Waals surface area contributed by atoms with Crippen LogP contribution in [0.5, 0.6) is 11.5 Å². The molecule has 0 aromatic heterocycles. The summed E-state index contributed by atoms with van der Waals surface area (Å²) in [6.45, 7) is 9.21. The second-order valence-corrected chi connectivity index (χ2v) is 8.29. The smallest absolute Gasteiger partial charge is 0.307 e. The predicted molar refractivity (Wildman–Crippen MR) is 99.6 cm³/mol. The topological polar surface area (TPSA) is 46.5 Å². The van der Waals surface area contributed by atoms with Gasteiger partial charge in [0.05, 0.1) is 6.42 Å². The molecule has 0 saturated carbocycles. The Bertz CT molecular complexity index is 785. The summed E-state index contributed by atoms with van der Waals surface area (Å²) in [5.41, 5.74) is 3.89. The average molecular weight is 338 g/mol. The van der Waals surface area contributed by atoms with Crippen LogP contribution in [0.2, 0.25) is 0 Å². The molecule has 3 nitrogen and oxygen atoms in total. The van der Waals surface area contributed by atoms with Crippen molar-refractivity contribution in [1.29, 1.82) is 0 Å². The van der Waals surface area contributed by atoms with Crippen molar-refractivity contribution in [2.24, 2.45) is 0 Å². The Labute approximate surface area is 149 Å². The molecule has 0 aliphatic heterocycles. The van der Waals surface area contributed by atoms with E-state index in [0.29, 0.717) is 0 Å². The Morgan fingerprint density at radius 3 is 2.08 bits per heavy atom. The van der Waals surface area contributed by atoms with Gasteiger partial charge in [0.1, 0.15) is 11.5 Å². The number of carboxylic acids is 1. The molecule has 132 valence electrons. The van der Waals surface area contributed by atoms with Crippen molar-refractivity contribution in [3.63, 3.8) is 0 Å². The number of benzene rings is 2. The Hall–Kier alpha value is -2.29. The minimum atomic E-state index is -0.826. The lowest BCUT2D eigenvalue weighted by molar-refractivity contribution is -0.136. The lowest BCUT2D eigenvalue weighted by Gasteiger charge is -2.41. The molecule has 2 aromatic rings. The number of fused-ring (bicyclic) bond motifs is 1. The van der Waals surface area contributed by atoms with Crippen LogP contribution in [0, 0.1) is 0 Å². The van der Waals surface area contributed by atoms with E-state index in [-0.39, 0.29) is 17.3 Å². The molecule has 0 amide bonds. The van der Waals surface area contributed by atoms with Crippen LogP contribution in [0.3, 0.4) is 0 Å². The highest BCUT2D eigenvalue weighted by Crippen LogP contribution is 2.47. The number of rotatable bonds is 4. The summed E-state index contributed by atoms with van der Waals surface area (Å²) in [5, 5.41) is 8.84. The van der Waals surface area contributed by atoms with E-state index in [1.54, 1.807) is 12.1 Å². The van der Waals surface area contributed by atoms with Crippen LogP contribution in [0.25, 0.3) is 0 Å². The van der Waals surface area contributed by atoms with Gasteiger partial charge in [-0.1, -0.05) is 45.9 Å². The largest absolute Gasteiger partial charge is 0.481 e. The molecule has 0 atom stereocenters. The summed E-state index contributed by atoms with van der Waals surface area (Å²) in [6, 6.07) is 13.7. The average Bonchev–Trinajstić information content (AvgIpc) is 2.53. The molecule has 0 radical (unpaired) electrons. The van der Waals surface area contributed by atoms with Crippen LogP contribution in [-0.2, 0) is 22.0 Å². The molecule has 0 spiro atoms. The van der Waals surface area contributed by atoms with Gasteiger partial charge < -0.3 is 9.84 Å². The van der Waals surface area contributed by atoms with Crippen LogP contribution < -0.4 is 4.74 Å². The first kappa shape index (κ1) is 17.5. The molecular weight excluding hydrogens is 312 g/mol. The summed E-state index contributed by atoms with van der Waals surface area (Å²) in [4.78, 5) is 10.8. The summed E-state index contributed by atoms with van der Waals surface area (Å²) >= 11 is 0. The molecule has 0 saturated heterocycles. The van der Waals surface area contributed by atoms with Crippen molar-refractivity contribution in [2.75, 3.05) is 0 Å². The number of hydrogen-bond acceptors (Lipinski definition) is 2. The molecule has 2 aromatic carbocycles. The van der Waals surface area contributed by atoms with Gasteiger partial charge in [0.25, 0.3) is 0 Å². The Kier molecular flexibility index (Phi) is 4.36. The van der Waals surface area contributed by atoms with E-state index >= 15 is 0 Å². The summed E-state index contributed by atoms with van der Waals surface area (Å²) in [7, 11) is 0. The third-order valence-corrected chi connectivity index (χ3v) is 5.34. The van der Waals surface area contributed by atoms with E-state index in [0.717, 1.165) is 17.1 Å². The fraction of sp³-hybridized carbons (Fsp3) is 0.409. The Morgan fingerprint density at radius 1 is 0.920 bits per heavy atom. The zero-order valence-electron chi connectivity index (χ0n) is 15.4. The van der Waals surface area contributed by atoms with Crippen molar-refractivity contribution in [1.82, 2.24) is 0 Å². The minimum Gasteiger partial charge on any atom is -0.481 e. The first-order valence-corrected chi connectivity index (χ1v) is 8.81. The van der Waals surface area contributed by atoms with E-state index in [2.05, 4.69) is 39.8 Å². The van der Waals surface area contributed by atoms with Crippen molar-refractivity contribution >= 4 is 5.97 Å². The zero-order valence-corrected chi connectivity index (χ0v) is 15.4. The standard InChI is InChI=1S/C22H26O3/c1-21(2)11-12-22(3,4)19-14-17(9-10-18(19)21)25-16-7-5-15(6-8-16)13-20(23)24/h5-10,14H,11-13H2,1-4H3,(H,23,24). The second kappa shape index (κ2) is 6.21.